The van der Waals surface area contributed by atoms with Gasteiger partial charge in [-0.25, -0.2) is 9.37 Å². The molecule has 0 fully saturated rings. The standard InChI is InChI=1S/C14H12ClFN2O/c1-2-9-4-3-5-11(6-9)18-14(19)12-7-10(16)8-17-13(12)15/h3-8H,2H2,1H3,(H,18,19). The zero-order chi connectivity index (χ0) is 13.8. The monoisotopic (exact) mass is 278 g/mol. The normalized spacial score (nSPS) is 10.3. The molecule has 1 amide bonds. The summed E-state index contributed by atoms with van der Waals surface area (Å²) < 4.78 is 13.1. The van der Waals surface area contributed by atoms with E-state index < -0.39 is 11.7 Å². The van der Waals surface area contributed by atoms with Crippen LogP contribution in [0.25, 0.3) is 0 Å². The van der Waals surface area contributed by atoms with Crippen LogP contribution in [-0.2, 0) is 6.42 Å². The van der Waals surface area contributed by atoms with Crippen LogP contribution in [-0.4, -0.2) is 10.9 Å². The van der Waals surface area contributed by atoms with Gasteiger partial charge in [0.05, 0.1) is 11.8 Å². The van der Waals surface area contributed by atoms with Gasteiger partial charge < -0.3 is 5.32 Å². The molecule has 0 spiro atoms. The van der Waals surface area contributed by atoms with Crippen molar-refractivity contribution in [3.63, 3.8) is 0 Å². The average Bonchev–Trinajstić information content (AvgIpc) is 2.41. The second kappa shape index (κ2) is 5.80. The fourth-order valence-corrected chi connectivity index (χ4v) is 1.84. The van der Waals surface area contributed by atoms with Gasteiger partial charge in [0.2, 0.25) is 0 Å². The minimum absolute atomic E-state index is 0.0172. The third-order valence-electron chi connectivity index (χ3n) is 2.64. The predicted octanol–water partition coefficient (Wildman–Crippen LogP) is 3.69. The van der Waals surface area contributed by atoms with Crippen molar-refractivity contribution in [3.05, 3.63) is 58.6 Å². The van der Waals surface area contributed by atoms with E-state index in [-0.39, 0.29) is 10.7 Å². The number of amides is 1. The van der Waals surface area contributed by atoms with Gasteiger partial charge in [-0.15, -0.1) is 0 Å². The first-order chi connectivity index (χ1) is 9.10. The smallest absolute Gasteiger partial charge is 0.258 e. The van der Waals surface area contributed by atoms with Crippen LogP contribution in [0.15, 0.2) is 36.5 Å². The van der Waals surface area contributed by atoms with Gasteiger partial charge in [0.15, 0.2) is 0 Å². The Kier molecular flexibility index (Phi) is 4.12. The zero-order valence-corrected chi connectivity index (χ0v) is 11.0. The number of aromatic nitrogens is 1. The van der Waals surface area contributed by atoms with Crippen LogP contribution >= 0.6 is 11.6 Å². The lowest BCUT2D eigenvalue weighted by atomic mass is 10.1. The lowest BCUT2D eigenvalue weighted by Gasteiger charge is -2.07. The van der Waals surface area contributed by atoms with Crippen molar-refractivity contribution in [2.24, 2.45) is 0 Å². The van der Waals surface area contributed by atoms with Crippen molar-refractivity contribution in [2.75, 3.05) is 5.32 Å². The van der Waals surface area contributed by atoms with Crippen molar-refractivity contribution < 1.29 is 9.18 Å². The molecule has 0 aliphatic heterocycles. The van der Waals surface area contributed by atoms with Gasteiger partial charge in [0.1, 0.15) is 11.0 Å². The number of pyridine rings is 1. The molecule has 1 aromatic carbocycles. The average molecular weight is 279 g/mol. The molecule has 19 heavy (non-hydrogen) atoms. The van der Waals surface area contributed by atoms with E-state index in [1.165, 1.54) is 0 Å². The summed E-state index contributed by atoms with van der Waals surface area (Å²) in [6, 6.07) is 8.50. The van der Waals surface area contributed by atoms with Crippen molar-refractivity contribution in [2.45, 2.75) is 13.3 Å². The Bertz CT molecular complexity index is 616. The third-order valence-corrected chi connectivity index (χ3v) is 2.94. The molecule has 1 aromatic heterocycles. The Labute approximate surface area is 115 Å². The molecule has 0 saturated carbocycles. The van der Waals surface area contributed by atoms with Gasteiger partial charge in [-0.3, -0.25) is 4.79 Å². The summed E-state index contributed by atoms with van der Waals surface area (Å²) in [5.74, 6) is -1.08. The van der Waals surface area contributed by atoms with Crippen LogP contribution in [0.1, 0.15) is 22.8 Å². The van der Waals surface area contributed by atoms with E-state index >= 15 is 0 Å². The van der Waals surface area contributed by atoms with Gasteiger partial charge >= 0.3 is 0 Å². The highest BCUT2D eigenvalue weighted by Gasteiger charge is 2.13. The number of carbonyl (C=O) groups excluding carboxylic acids is 1. The number of rotatable bonds is 3. The number of anilines is 1. The fraction of sp³-hybridized carbons (Fsp3) is 0.143. The van der Waals surface area contributed by atoms with Crippen LogP contribution in [0.5, 0.6) is 0 Å². The highest BCUT2D eigenvalue weighted by Crippen LogP contribution is 2.17. The number of halogens is 2. The summed E-state index contributed by atoms with van der Waals surface area (Å²) in [5.41, 5.74) is 1.76. The minimum atomic E-state index is -0.600. The molecular formula is C14H12ClFN2O. The van der Waals surface area contributed by atoms with Crippen LogP contribution in [0, 0.1) is 5.82 Å². The van der Waals surface area contributed by atoms with Crippen LogP contribution in [0.2, 0.25) is 5.15 Å². The Morgan fingerprint density at radius 1 is 1.42 bits per heavy atom. The lowest BCUT2D eigenvalue weighted by Crippen LogP contribution is -2.13. The number of benzene rings is 1. The zero-order valence-electron chi connectivity index (χ0n) is 10.3. The molecule has 0 bridgehead atoms. The lowest BCUT2D eigenvalue weighted by molar-refractivity contribution is 0.102. The van der Waals surface area contributed by atoms with E-state index in [4.69, 9.17) is 11.6 Å². The Hall–Kier alpha value is -1.94. The molecule has 3 nitrogen and oxygen atoms in total. The third kappa shape index (κ3) is 3.29. The van der Waals surface area contributed by atoms with E-state index in [0.29, 0.717) is 5.69 Å². The van der Waals surface area contributed by atoms with Gasteiger partial charge in [-0.1, -0.05) is 30.7 Å². The molecule has 1 N–H and O–H groups in total. The maximum atomic E-state index is 13.1. The molecule has 98 valence electrons. The van der Waals surface area contributed by atoms with Crippen LogP contribution < -0.4 is 5.32 Å². The summed E-state index contributed by atoms with van der Waals surface area (Å²) >= 11 is 5.78. The fourth-order valence-electron chi connectivity index (χ4n) is 1.65. The molecule has 0 aliphatic carbocycles. The highest BCUT2D eigenvalue weighted by atomic mass is 35.5. The number of hydrogen-bond acceptors (Lipinski definition) is 2. The molecule has 0 aliphatic rings. The molecule has 0 unspecified atom stereocenters. The van der Waals surface area contributed by atoms with Gasteiger partial charge in [-0.05, 0) is 30.2 Å². The van der Waals surface area contributed by atoms with E-state index in [0.717, 1.165) is 24.2 Å². The first-order valence-electron chi connectivity index (χ1n) is 5.81. The van der Waals surface area contributed by atoms with Crippen LogP contribution in [0.3, 0.4) is 0 Å². The highest BCUT2D eigenvalue weighted by molar-refractivity contribution is 6.33. The topological polar surface area (TPSA) is 42.0 Å². The van der Waals surface area contributed by atoms with E-state index in [9.17, 15) is 9.18 Å². The predicted molar refractivity (Wildman–Crippen MR) is 73.0 cm³/mol. The number of nitrogens with zero attached hydrogens (tertiary/aromatic N) is 1. The van der Waals surface area contributed by atoms with E-state index in [2.05, 4.69) is 10.3 Å². The number of nitrogens with one attached hydrogen (secondary N) is 1. The molecule has 0 saturated heterocycles. The summed E-state index contributed by atoms with van der Waals surface area (Å²) in [7, 11) is 0. The summed E-state index contributed by atoms with van der Waals surface area (Å²) in [4.78, 5) is 15.6. The molecule has 0 radical (unpaired) electrons. The largest absolute Gasteiger partial charge is 0.322 e. The Balaban J connectivity index is 2.23. The molecule has 2 aromatic rings. The first-order valence-corrected chi connectivity index (χ1v) is 6.19. The molecule has 2 rings (SSSR count). The summed E-state index contributed by atoms with van der Waals surface area (Å²) in [5, 5.41) is 2.65. The van der Waals surface area contributed by atoms with Gasteiger partial charge in [0.25, 0.3) is 5.91 Å². The van der Waals surface area contributed by atoms with E-state index in [1.54, 1.807) is 6.07 Å². The maximum absolute atomic E-state index is 13.1. The Morgan fingerprint density at radius 2 is 2.21 bits per heavy atom. The van der Waals surface area contributed by atoms with Crippen LogP contribution in [0.4, 0.5) is 10.1 Å². The second-order valence-electron chi connectivity index (χ2n) is 4.00. The molecular weight excluding hydrogens is 267 g/mol. The summed E-state index contributed by atoms with van der Waals surface area (Å²) in [6.45, 7) is 2.02. The molecule has 0 atom stereocenters. The van der Waals surface area contributed by atoms with E-state index in [1.807, 2.05) is 25.1 Å². The summed E-state index contributed by atoms with van der Waals surface area (Å²) in [6.07, 6.45) is 1.84. The molecule has 5 heteroatoms. The SMILES string of the molecule is CCc1cccc(NC(=O)c2cc(F)cnc2Cl)c1. The van der Waals surface area contributed by atoms with Crippen molar-refractivity contribution in [1.82, 2.24) is 4.98 Å². The van der Waals surface area contributed by atoms with Crippen molar-refractivity contribution in [3.8, 4) is 0 Å². The molecule has 1 heterocycles. The van der Waals surface area contributed by atoms with Gasteiger partial charge in [0, 0.05) is 5.69 Å². The maximum Gasteiger partial charge on any atom is 0.258 e. The second-order valence-corrected chi connectivity index (χ2v) is 4.36. The number of aryl methyl sites for hydroxylation is 1. The first kappa shape index (κ1) is 13.5. The number of carbonyl (C=O) groups is 1. The minimum Gasteiger partial charge on any atom is -0.322 e. The van der Waals surface area contributed by atoms with Crippen molar-refractivity contribution >= 4 is 23.2 Å². The van der Waals surface area contributed by atoms with Gasteiger partial charge in [-0.2, -0.15) is 0 Å². The quantitative estimate of drug-likeness (QED) is 0.870. The number of hydrogen-bond donors (Lipinski definition) is 1. The Morgan fingerprint density at radius 3 is 2.95 bits per heavy atom. The van der Waals surface area contributed by atoms with Crippen molar-refractivity contribution in [1.29, 1.82) is 0 Å².